The minimum atomic E-state index is -0.142. The monoisotopic (exact) mass is 264 g/mol. The maximum Gasteiger partial charge on any atom is 0.227 e. The lowest BCUT2D eigenvalue weighted by atomic mass is 9.76. The van der Waals surface area contributed by atoms with Crippen molar-refractivity contribution in [3.8, 4) is 0 Å². The van der Waals surface area contributed by atoms with E-state index in [1.54, 1.807) is 0 Å². The third-order valence-electron chi connectivity index (χ3n) is 4.55. The third-order valence-corrected chi connectivity index (χ3v) is 4.55. The van der Waals surface area contributed by atoms with Crippen LogP contribution < -0.4 is 10.6 Å². The molecule has 1 saturated heterocycles. The van der Waals surface area contributed by atoms with Gasteiger partial charge in [0.25, 0.3) is 0 Å². The van der Waals surface area contributed by atoms with Crippen LogP contribution in [0.3, 0.4) is 0 Å². The average Bonchev–Trinajstić information content (AvgIpc) is 2.93. The summed E-state index contributed by atoms with van der Waals surface area (Å²) in [4.78, 5) is 12.5. The van der Waals surface area contributed by atoms with E-state index in [1.807, 2.05) is 0 Å². The first-order valence-electron chi connectivity index (χ1n) is 7.94. The Morgan fingerprint density at radius 3 is 3.00 bits per heavy atom. The third kappa shape index (κ3) is 3.82. The zero-order chi connectivity index (χ0) is 13.6. The highest BCUT2D eigenvalue weighted by Gasteiger charge is 2.38. The van der Waals surface area contributed by atoms with Crippen molar-refractivity contribution in [2.75, 3.05) is 19.6 Å². The summed E-state index contributed by atoms with van der Waals surface area (Å²) in [5.74, 6) is 0.278. The highest BCUT2D eigenvalue weighted by atomic mass is 16.2. The lowest BCUT2D eigenvalue weighted by molar-refractivity contribution is -0.132. The van der Waals surface area contributed by atoms with Gasteiger partial charge in [-0.05, 0) is 51.5 Å². The molecule has 3 nitrogen and oxygen atoms in total. The average molecular weight is 264 g/mol. The number of piperidine rings is 1. The van der Waals surface area contributed by atoms with Crippen LogP contribution in [0.15, 0.2) is 11.6 Å². The minimum Gasteiger partial charge on any atom is -0.355 e. The molecule has 0 aromatic rings. The molecule has 3 heteroatoms. The number of hydrogen-bond acceptors (Lipinski definition) is 2. The molecule has 0 radical (unpaired) electrons. The van der Waals surface area contributed by atoms with Crippen molar-refractivity contribution in [3.05, 3.63) is 11.6 Å². The Kier molecular flexibility index (Phi) is 5.44. The van der Waals surface area contributed by atoms with Crippen LogP contribution in [0.4, 0.5) is 0 Å². The molecule has 0 bridgehead atoms. The predicted molar refractivity (Wildman–Crippen MR) is 79.0 cm³/mol. The van der Waals surface area contributed by atoms with Crippen LogP contribution in [0.2, 0.25) is 0 Å². The molecule has 19 heavy (non-hydrogen) atoms. The number of rotatable bonds is 6. The highest BCUT2D eigenvalue weighted by molar-refractivity contribution is 5.83. The van der Waals surface area contributed by atoms with Gasteiger partial charge in [0.15, 0.2) is 0 Å². The molecular formula is C16H28N2O. The molecule has 1 unspecified atom stereocenters. The van der Waals surface area contributed by atoms with Gasteiger partial charge in [0.2, 0.25) is 5.91 Å². The zero-order valence-corrected chi connectivity index (χ0v) is 12.3. The second-order valence-electron chi connectivity index (χ2n) is 6.07. The van der Waals surface area contributed by atoms with Gasteiger partial charge in [-0.1, -0.05) is 25.0 Å². The second kappa shape index (κ2) is 7.09. The lowest BCUT2D eigenvalue weighted by Gasteiger charge is -2.36. The van der Waals surface area contributed by atoms with Gasteiger partial charge in [-0.3, -0.25) is 4.79 Å². The molecule has 1 heterocycles. The second-order valence-corrected chi connectivity index (χ2v) is 6.07. The molecule has 0 saturated carbocycles. The number of hydrogen-bond donors (Lipinski definition) is 2. The van der Waals surface area contributed by atoms with Gasteiger partial charge < -0.3 is 10.6 Å². The highest BCUT2D eigenvalue weighted by Crippen LogP contribution is 2.32. The van der Waals surface area contributed by atoms with Crippen molar-refractivity contribution in [2.45, 2.75) is 58.3 Å². The van der Waals surface area contributed by atoms with E-state index in [4.69, 9.17) is 0 Å². The van der Waals surface area contributed by atoms with E-state index in [9.17, 15) is 4.79 Å². The lowest BCUT2D eigenvalue weighted by Crippen LogP contribution is -2.50. The minimum absolute atomic E-state index is 0.142. The molecule has 1 fully saturated rings. The van der Waals surface area contributed by atoms with Gasteiger partial charge in [0.1, 0.15) is 0 Å². The molecule has 0 aromatic carbocycles. The van der Waals surface area contributed by atoms with Gasteiger partial charge in [-0.2, -0.15) is 0 Å². The Morgan fingerprint density at radius 1 is 1.47 bits per heavy atom. The van der Waals surface area contributed by atoms with Gasteiger partial charge in [-0.15, -0.1) is 0 Å². The van der Waals surface area contributed by atoms with Crippen molar-refractivity contribution in [1.82, 2.24) is 10.6 Å². The molecule has 108 valence electrons. The zero-order valence-electron chi connectivity index (χ0n) is 12.3. The molecular weight excluding hydrogens is 236 g/mol. The van der Waals surface area contributed by atoms with Crippen LogP contribution in [0.5, 0.6) is 0 Å². The van der Waals surface area contributed by atoms with E-state index in [1.165, 1.54) is 24.8 Å². The predicted octanol–water partition coefficient (Wildman–Crippen LogP) is 2.77. The summed E-state index contributed by atoms with van der Waals surface area (Å²) in [5, 5.41) is 6.59. The van der Waals surface area contributed by atoms with Crippen molar-refractivity contribution in [2.24, 2.45) is 5.41 Å². The summed E-state index contributed by atoms with van der Waals surface area (Å²) >= 11 is 0. The van der Waals surface area contributed by atoms with Crippen molar-refractivity contribution in [1.29, 1.82) is 0 Å². The first-order valence-corrected chi connectivity index (χ1v) is 7.94. The van der Waals surface area contributed by atoms with E-state index in [0.29, 0.717) is 0 Å². The van der Waals surface area contributed by atoms with E-state index in [0.717, 1.165) is 51.7 Å². The Bertz CT molecular complexity index is 324. The van der Waals surface area contributed by atoms with Crippen LogP contribution in [-0.2, 0) is 4.79 Å². The summed E-state index contributed by atoms with van der Waals surface area (Å²) in [6.07, 6.45) is 11.4. The van der Waals surface area contributed by atoms with Crippen LogP contribution in [0, 0.1) is 5.41 Å². The van der Waals surface area contributed by atoms with Crippen LogP contribution in [0.25, 0.3) is 0 Å². The number of allylic oxidation sites excluding steroid dienone is 1. The SMILES string of the molecule is CCCC1(C(=O)NCCC2=CCCC2)CCCNC1. The van der Waals surface area contributed by atoms with E-state index in [-0.39, 0.29) is 11.3 Å². The fourth-order valence-corrected chi connectivity index (χ4v) is 3.46. The normalized spacial score (nSPS) is 27.1. The number of nitrogens with one attached hydrogen (secondary N) is 2. The summed E-state index contributed by atoms with van der Waals surface area (Å²) in [6, 6.07) is 0. The van der Waals surface area contributed by atoms with Crippen molar-refractivity contribution >= 4 is 5.91 Å². The Labute approximate surface area is 117 Å². The van der Waals surface area contributed by atoms with Crippen molar-refractivity contribution in [3.63, 3.8) is 0 Å². The topological polar surface area (TPSA) is 41.1 Å². The molecule has 0 aromatic heterocycles. The standard InChI is InChI=1S/C16H28N2O/c1-2-9-16(10-5-11-17-13-16)15(19)18-12-8-14-6-3-4-7-14/h6,17H,2-5,7-13H2,1H3,(H,18,19). The first-order chi connectivity index (χ1) is 9.27. The van der Waals surface area contributed by atoms with Gasteiger partial charge in [0.05, 0.1) is 5.41 Å². The van der Waals surface area contributed by atoms with Crippen LogP contribution in [-0.4, -0.2) is 25.5 Å². The largest absolute Gasteiger partial charge is 0.355 e. The summed E-state index contributed by atoms with van der Waals surface area (Å²) < 4.78 is 0. The Balaban J connectivity index is 1.81. The molecule has 0 spiro atoms. The van der Waals surface area contributed by atoms with Crippen LogP contribution in [0.1, 0.15) is 58.3 Å². The number of carbonyl (C=O) groups excluding carboxylic acids is 1. The van der Waals surface area contributed by atoms with Crippen molar-refractivity contribution < 1.29 is 4.79 Å². The molecule has 1 aliphatic heterocycles. The molecule has 1 aliphatic carbocycles. The maximum absolute atomic E-state index is 12.5. The Hall–Kier alpha value is -0.830. The summed E-state index contributed by atoms with van der Waals surface area (Å²) in [7, 11) is 0. The Morgan fingerprint density at radius 2 is 2.37 bits per heavy atom. The molecule has 2 N–H and O–H groups in total. The molecule has 1 amide bonds. The fourth-order valence-electron chi connectivity index (χ4n) is 3.46. The van der Waals surface area contributed by atoms with Gasteiger partial charge in [0, 0.05) is 13.1 Å². The van der Waals surface area contributed by atoms with Crippen LogP contribution >= 0.6 is 0 Å². The van der Waals surface area contributed by atoms with Gasteiger partial charge >= 0.3 is 0 Å². The maximum atomic E-state index is 12.5. The van der Waals surface area contributed by atoms with E-state index < -0.39 is 0 Å². The summed E-state index contributed by atoms with van der Waals surface area (Å²) in [5.41, 5.74) is 1.39. The number of carbonyl (C=O) groups is 1. The fraction of sp³-hybridized carbons (Fsp3) is 0.812. The van der Waals surface area contributed by atoms with E-state index >= 15 is 0 Å². The first kappa shape index (κ1) is 14.6. The quantitative estimate of drug-likeness (QED) is 0.724. The number of amides is 1. The van der Waals surface area contributed by atoms with E-state index in [2.05, 4.69) is 23.6 Å². The molecule has 1 atom stereocenters. The molecule has 2 rings (SSSR count). The summed E-state index contributed by atoms with van der Waals surface area (Å²) in [6.45, 7) is 4.91. The smallest absolute Gasteiger partial charge is 0.227 e. The molecule has 2 aliphatic rings. The van der Waals surface area contributed by atoms with Gasteiger partial charge in [-0.25, -0.2) is 0 Å².